The van der Waals surface area contributed by atoms with E-state index in [9.17, 15) is 9.18 Å². The SMILES string of the molecule is CCOCCOc1ccc(NC(=S)NC(=O)c2cc3ccccc3o2)cc1F. The number of thiocarbonyl (C=S) groups is 1. The molecule has 0 aliphatic heterocycles. The van der Waals surface area contributed by atoms with Crippen LogP contribution in [0, 0.1) is 5.82 Å². The molecule has 1 heterocycles. The number of fused-ring (bicyclic) bond motifs is 1. The molecule has 146 valence electrons. The summed E-state index contributed by atoms with van der Waals surface area (Å²) in [5.74, 6) is -0.796. The van der Waals surface area contributed by atoms with E-state index in [0.29, 0.717) is 24.5 Å². The van der Waals surface area contributed by atoms with E-state index in [1.165, 1.54) is 12.1 Å². The van der Waals surface area contributed by atoms with Crippen molar-refractivity contribution in [2.45, 2.75) is 6.92 Å². The van der Waals surface area contributed by atoms with Crippen molar-refractivity contribution in [2.24, 2.45) is 0 Å². The fourth-order valence-electron chi connectivity index (χ4n) is 2.47. The highest BCUT2D eigenvalue weighted by molar-refractivity contribution is 7.80. The third-order valence-corrected chi connectivity index (χ3v) is 3.96. The van der Waals surface area contributed by atoms with Crippen molar-refractivity contribution in [1.29, 1.82) is 0 Å². The van der Waals surface area contributed by atoms with Crippen LogP contribution in [0.15, 0.2) is 52.9 Å². The predicted molar refractivity (Wildman–Crippen MR) is 108 cm³/mol. The number of hydrogen-bond donors (Lipinski definition) is 2. The summed E-state index contributed by atoms with van der Waals surface area (Å²) in [7, 11) is 0. The van der Waals surface area contributed by atoms with Crippen molar-refractivity contribution in [3.05, 3.63) is 60.1 Å². The first-order chi connectivity index (χ1) is 13.6. The van der Waals surface area contributed by atoms with Crippen molar-refractivity contribution >= 4 is 39.9 Å². The van der Waals surface area contributed by atoms with Crippen LogP contribution in [0.25, 0.3) is 11.0 Å². The lowest BCUT2D eigenvalue weighted by atomic mass is 10.2. The minimum atomic E-state index is -0.548. The lowest BCUT2D eigenvalue weighted by Crippen LogP contribution is -2.33. The highest BCUT2D eigenvalue weighted by atomic mass is 32.1. The third-order valence-electron chi connectivity index (χ3n) is 3.76. The quantitative estimate of drug-likeness (QED) is 0.458. The number of anilines is 1. The number of ether oxygens (including phenoxy) is 2. The molecule has 2 aromatic carbocycles. The van der Waals surface area contributed by atoms with Gasteiger partial charge >= 0.3 is 0 Å². The maximum atomic E-state index is 14.1. The van der Waals surface area contributed by atoms with Gasteiger partial charge in [-0.15, -0.1) is 0 Å². The first kappa shape index (κ1) is 19.8. The largest absolute Gasteiger partial charge is 0.488 e. The molecule has 0 unspecified atom stereocenters. The molecular weight excluding hydrogens is 383 g/mol. The second kappa shape index (κ2) is 9.29. The van der Waals surface area contributed by atoms with Crippen LogP contribution in [0.1, 0.15) is 17.5 Å². The molecule has 0 aliphatic carbocycles. The molecule has 0 saturated carbocycles. The van der Waals surface area contributed by atoms with Crippen LogP contribution >= 0.6 is 12.2 Å². The molecule has 0 aliphatic rings. The van der Waals surface area contributed by atoms with E-state index in [-0.39, 0.29) is 23.2 Å². The molecule has 3 aromatic rings. The number of halogens is 1. The Bertz CT molecular complexity index is 956. The van der Waals surface area contributed by atoms with Crippen LogP contribution in [0.5, 0.6) is 5.75 Å². The maximum absolute atomic E-state index is 14.1. The van der Waals surface area contributed by atoms with E-state index < -0.39 is 11.7 Å². The number of benzene rings is 2. The van der Waals surface area contributed by atoms with E-state index in [1.54, 1.807) is 18.2 Å². The summed E-state index contributed by atoms with van der Waals surface area (Å²) in [6, 6.07) is 13.2. The predicted octanol–water partition coefficient (Wildman–Crippen LogP) is 4.11. The highest BCUT2D eigenvalue weighted by Gasteiger charge is 2.14. The molecule has 0 spiro atoms. The second-order valence-corrected chi connectivity index (χ2v) is 6.16. The summed E-state index contributed by atoms with van der Waals surface area (Å²) in [6.45, 7) is 3.08. The minimum Gasteiger partial charge on any atom is -0.488 e. The van der Waals surface area contributed by atoms with Gasteiger partial charge in [-0.3, -0.25) is 10.1 Å². The molecule has 1 amide bonds. The zero-order valence-electron chi connectivity index (χ0n) is 15.2. The lowest BCUT2D eigenvalue weighted by Gasteiger charge is -2.11. The van der Waals surface area contributed by atoms with E-state index in [4.69, 9.17) is 26.1 Å². The van der Waals surface area contributed by atoms with Gasteiger partial charge < -0.3 is 19.2 Å². The van der Waals surface area contributed by atoms with Gasteiger partial charge in [0.25, 0.3) is 5.91 Å². The van der Waals surface area contributed by atoms with Gasteiger partial charge in [0, 0.05) is 23.7 Å². The Hall–Kier alpha value is -2.97. The van der Waals surface area contributed by atoms with Crippen LogP contribution in [-0.2, 0) is 4.74 Å². The third kappa shape index (κ3) is 5.05. The summed E-state index contributed by atoms with van der Waals surface area (Å²) < 4.78 is 30.0. The van der Waals surface area contributed by atoms with Crippen molar-refractivity contribution < 1.29 is 23.1 Å². The van der Waals surface area contributed by atoms with E-state index in [1.807, 2.05) is 25.1 Å². The standard InChI is InChI=1S/C20H19FN2O4S/c1-2-25-9-10-26-17-8-7-14(12-15(17)21)22-20(28)23-19(24)18-11-13-5-3-4-6-16(13)27-18/h3-8,11-12H,2,9-10H2,1H3,(H2,22,23,24,28). The van der Waals surface area contributed by atoms with Crippen LogP contribution in [0.2, 0.25) is 0 Å². The number of nitrogens with one attached hydrogen (secondary N) is 2. The number of amides is 1. The topological polar surface area (TPSA) is 72.7 Å². The molecule has 3 rings (SSSR count). The molecule has 28 heavy (non-hydrogen) atoms. The molecule has 1 aromatic heterocycles. The molecule has 0 bridgehead atoms. The monoisotopic (exact) mass is 402 g/mol. The second-order valence-electron chi connectivity index (χ2n) is 5.75. The van der Waals surface area contributed by atoms with Gasteiger partial charge in [0.05, 0.1) is 6.61 Å². The maximum Gasteiger partial charge on any atom is 0.293 e. The first-order valence-electron chi connectivity index (χ1n) is 8.68. The van der Waals surface area contributed by atoms with E-state index in [0.717, 1.165) is 5.39 Å². The molecule has 0 radical (unpaired) electrons. The number of furan rings is 1. The zero-order valence-corrected chi connectivity index (χ0v) is 16.0. The average molecular weight is 402 g/mol. The first-order valence-corrected chi connectivity index (χ1v) is 9.08. The number of para-hydroxylation sites is 1. The van der Waals surface area contributed by atoms with Crippen molar-refractivity contribution in [1.82, 2.24) is 5.32 Å². The molecule has 0 fully saturated rings. The molecule has 6 nitrogen and oxygen atoms in total. The Kier molecular flexibility index (Phi) is 6.57. The van der Waals surface area contributed by atoms with Gasteiger partial charge in [0.2, 0.25) is 0 Å². The van der Waals surface area contributed by atoms with Gasteiger partial charge in [-0.2, -0.15) is 0 Å². The molecule has 0 saturated heterocycles. The fraction of sp³-hybridized carbons (Fsp3) is 0.200. The number of rotatable bonds is 7. The summed E-state index contributed by atoms with van der Waals surface area (Å²) in [5.41, 5.74) is 0.984. The molecule has 0 atom stereocenters. The number of carbonyl (C=O) groups is 1. The number of carbonyl (C=O) groups excluding carboxylic acids is 1. The summed E-state index contributed by atoms with van der Waals surface area (Å²) >= 11 is 5.11. The Balaban J connectivity index is 1.56. The van der Waals surface area contributed by atoms with Gasteiger partial charge in [-0.25, -0.2) is 4.39 Å². The van der Waals surface area contributed by atoms with Gasteiger partial charge in [0.15, 0.2) is 22.4 Å². The van der Waals surface area contributed by atoms with Gasteiger partial charge in [-0.1, -0.05) is 18.2 Å². The van der Waals surface area contributed by atoms with Crippen LogP contribution in [0.4, 0.5) is 10.1 Å². The Morgan fingerprint density at radius 2 is 2.00 bits per heavy atom. The fourth-order valence-corrected chi connectivity index (χ4v) is 2.68. The number of hydrogen-bond acceptors (Lipinski definition) is 5. The van der Waals surface area contributed by atoms with Crippen LogP contribution in [-0.4, -0.2) is 30.8 Å². The van der Waals surface area contributed by atoms with E-state index in [2.05, 4.69) is 10.6 Å². The zero-order chi connectivity index (χ0) is 19.9. The highest BCUT2D eigenvalue weighted by Crippen LogP contribution is 2.21. The Labute approximate surface area is 166 Å². The van der Waals surface area contributed by atoms with Gasteiger partial charge in [0.1, 0.15) is 12.2 Å². The normalized spacial score (nSPS) is 10.6. The average Bonchev–Trinajstić information content (AvgIpc) is 3.11. The summed E-state index contributed by atoms with van der Waals surface area (Å²) in [4.78, 5) is 12.3. The Morgan fingerprint density at radius 1 is 1.18 bits per heavy atom. The molecular formula is C20H19FN2O4S. The van der Waals surface area contributed by atoms with Crippen molar-refractivity contribution in [3.8, 4) is 5.75 Å². The smallest absolute Gasteiger partial charge is 0.293 e. The van der Waals surface area contributed by atoms with Crippen LogP contribution < -0.4 is 15.4 Å². The molecule has 8 heteroatoms. The summed E-state index contributed by atoms with van der Waals surface area (Å²) in [5, 5.41) is 6.10. The van der Waals surface area contributed by atoms with Gasteiger partial charge in [-0.05, 0) is 43.4 Å². The van der Waals surface area contributed by atoms with Crippen LogP contribution in [0.3, 0.4) is 0 Å². The lowest BCUT2D eigenvalue weighted by molar-refractivity contribution is 0.0953. The Morgan fingerprint density at radius 3 is 2.75 bits per heavy atom. The van der Waals surface area contributed by atoms with Crippen molar-refractivity contribution in [3.63, 3.8) is 0 Å². The van der Waals surface area contributed by atoms with E-state index >= 15 is 0 Å². The minimum absolute atomic E-state index is 0.0230. The summed E-state index contributed by atoms with van der Waals surface area (Å²) in [6.07, 6.45) is 0. The van der Waals surface area contributed by atoms with Crippen molar-refractivity contribution in [2.75, 3.05) is 25.1 Å². The molecule has 2 N–H and O–H groups in total.